The first kappa shape index (κ1) is 17.2. The van der Waals surface area contributed by atoms with Crippen LogP contribution in [0.5, 0.6) is 0 Å². The molecule has 3 aromatic rings. The molecule has 2 aromatic carbocycles. The molecule has 136 valence electrons. The van der Waals surface area contributed by atoms with Crippen LogP contribution in [0.15, 0.2) is 60.8 Å². The van der Waals surface area contributed by atoms with Crippen molar-refractivity contribution >= 4 is 28.3 Å². The van der Waals surface area contributed by atoms with Crippen LogP contribution >= 0.6 is 0 Å². The summed E-state index contributed by atoms with van der Waals surface area (Å²) in [6, 6.07) is 17.3. The van der Waals surface area contributed by atoms with Crippen LogP contribution < -0.4 is 4.90 Å². The van der Waals surface area contributed by atoms with Crippen LogP contribution in [0.1, 0.15) is 23.0 Å². The van der Waals surface area contributed by atoms with Crippen molar-refractivity contribution < 1.29 is 9.59 Å². The summed E-state index contributed by atoms with van der Waals surface area (Å²) in [5, 5.41) is 1.78. The lowest BCUT2D eigenvalue weighted by atomic mass is 10.1. The molecule has 1 aliphatic rings. The van der Waals surface area contributed by atoms with Gasteiger partial charge in [-0.1, -0.05) is 36.4 Å². The average molecular weight is 359 g/mol. The highest BCUT2D eigenvalue weighted by Crippen LogP contribution is 2.24. The SMILES string of the molecule is Cc1cccc(N2CC(C)N(C(=O)c3nccc4ccccc34)CC2=O)c1. The van der Waals surface area contributed by atoms with Crippen molar-refractivity contribution in [3.8, 4) is 0 Å². The molecule has 0 aliphatic carbocycles. The number of aryl methyl sites for hydroxylation is 1. The fourth-order valence-electron chi connectivity index (χ4n) is 3.59. The van der Waals surface area contributed by atoms with Gasteiger partial charge in [0, 0.05) is 29.9 Å². The Balaban J connectivity index is 1.62. The van der Waals surface area contributed by atoms with E-state index in [1.807, 2.05) is 68.4 Å². The summed E-state index contributed by atoms with van der Waals surface area (Å²) in [6.07, 6.45) is 1.64. The molecular weight excluding hydrogens is 338 g/mol. The Kier molecular flexibility index (Phi) is 4.36. The molecular formula is C22H21N3O2. The molecule has 0 radical (unpaired) electrons. The van der Waals surface area contributed by atoms with Gasteiger partial charge in [-0.05, 0) is 43.0 Å². The van der Waals surface area contributed by atoms with Crippen LogP contribution in [0.4, 0.5) is 5.69 Å². The summed E-state index contributed by atoms with van der Waals surface area (Å²) in [4.78, 5) is 33.6. The van der Waals surface area contributed by atoms with Crippen LogP contribution in [0.25, 0.3) is 10.8 Å². The fraction of sp³-hybridized carbons (Fsp3) is 0.227. The zero-order valence-electron chi connectivity index (χ0n) is 15.4. The molecule has 0 saturated carbocycles. The lowest BCUT2D eigenvalue weighted by Crippen LogP contribution is -2.57. The van der Waals surface area contributed by atoms with Gasteiger partial charge in [-0.3, -0.25) is 14.6 Å². The second kappa shape index (κ2) is 6.83. The minimum atomic E-state index is -0.198. The Morgan fingerprint density at radius 1 is 1.11 bits per heavy atom. The first-order valence-electron chi connectivity index (χ1n) is 9.06. The number of anilines is 1. The predicted octanol–water partition coefficient (Wildman–Crippen LogP) is 3.42. The highest BCUT2D eigenvalue weighted by molar-refractivity contribution is 6.07. The van der Waals surface area contributed by atoms with Gasteiger partial charge >= 0.3 is 0 Å². The second-order valence-corrected chi connectivity index (χ2v) is 7.01. The maximum Gasteiger partial charge on any atom is 0.273 e. The van der Waals surface area contributed by atoms with Gasteiger partial charge in [0.25, 0.3) is 5.91 Å². The minimum absolute atomic E-state index is 0.0544. The molecule has 2 amide bonds. The molecule has 0 spiro atoms. The molecule has 5 heteroatoms. The van der Waals surface area contributed by atoms with E-state index in [0.29, 0.717) is 12.2 Å². The number of aromatic nitrogens is 1. The van der Waals surface area contributed by atoms with E-state index >= 15 is 0 Å². The number of benzene rings is 2. The molecule has 1 atom stereocenters. The Hall–Kier alpha value is -3.21. The highest BCUT2D eigenvalue weighted by atomic mass is 16.2. The van der Waals surface area contributed by atoms with Gasteiger partial charge in [0.2, 0.25) is 5.91 Å². The topological polar surface area (TPSA) is 53.5 Å². The smallest absolute Gasteiger partial charge is 0.273 e. The van der Waals surface area contributed by atoms with Crippen molar-refractivity contribution in [2.24, 2.45) is 0 Å². The zero-order valence-corrected chi connectivity index (χ0v) is 15.4. The third-order valence-electron chi connectivity index (χ3n) is 5.04. The quantitative estimate of drug-likeness (QED) is 0.704. The van der Waals surface area contributed by atoms with Crippen molar-refractivity contribution in [3.63, 3.8) is 0 Å². The summed E-state index contributed by atoms with van der Waals surface area (Å²) < 4.78 is 0. The van der Waals surface area contributed by atoms with Crippen molar-refractivity contribution in [2.75, 3.05) is 18.0 Å². The molecule has 1 aliphatic heterocycles. The molecule has 27 heavy (non-hydrogen) atoms. The zero-order chi connectivity index (χ0) is 19.0. The average Bonchev–Trinajstić information content (AvgIpc) is 2.68. The summed E-state index contributed by atoms with van der Waals surface area (Å²) >= 11 is 0. The number of fused-ring (bicyclic) bond motifs is 1. The normalized spacial score (nSPS) is 17.4. The molecule has 1 fully saturated rings. The van der Waals surface area contributed by atoms with E-state index in [0.717, 1.165) is 22.0 Å². The third-order valence-corrected chi connectivity index (χ3v) is 5.04. The van der Waals surface area contributed by atoms with Crippen molar-refractivity contribution in [1.82, 2.24) is 9.88 Å². The summed E-state index contributed by atoms with van der Waals surface area (Å²) in [6.45, 7) is 4.50. The standard InChI is InChI=1S/C22H21N3O2/c1-15-6-5-8-18(12-15)25-13-16(2)24(14-20(25)26)22(27)21-19-9-4-3-7-17(19)10-11-23-21/h3-12,16H,13-14H2,1-2H3. The molecule has 1 saturated heterocycles. The Morgan fingerprint density at radius 2 is 1.93 bits per heavy atom. The van der Waals surface area contributed by atoms with E-state index in [1.54, 1.807) is 16.0 Å². The first-order valence-corrected chi connectivity index (χ1v) is 9.06. The molecule has 4 rings (SSSR count). The van der Waals surface area contributed by atoms with E-state index in [9.17, 15) is 9.59 Å². The van der Waals surface area contributed by atoms with Gasteiger partial charge in [-0.2, -0.15) is 0 Å². The van der Waals surface area contributed by atoms with Crippen molar-refractivity contribution in [3.05, 3.63) is 72.1 Å². The van der Waals surface area contributed by atoms with E-state index in [-0.39, 0.29) is 24.4 Å². The lowest BCUT2D eigenvalue weighted by Gasteiger charge is -2.39. The highest BCUT2D eigenvalue weighted by Gasteiger charge is 2.34. The monoisotopic (exact) mass is 359 g/mol. The van der Waals surface area contributed by atoms with Crippen LogP contribution in [0.2, 0.25) is 0 Å². The van der Waals surface area contributed by atoms with Gasteiger partial charge in [-0.25, -0.2) is 0 Å². The number of amides is 2. The van der Waals surface area contributed by atoms with Crippen molar-refractivity contribution in [1.29, 1.82) is 0 Å². The number of pyridine rings is 1. The molecule has 0 bridgehead atoms. The Bertz CT molecular complexity index is 1030. The van der Waals surface area contributed by atoms with E-state index in [2.05, 4.69) is 4.98 Å². The van der Waals surface area contributed by atoms with Gasteiger partial charge < -0.3 is 9.80 Å². The molecule has 1 unspecified atom stereocenters. The Morgan fingerprint density at radius 3 is 2.74 bits per heavy atom. The lowest BCUT2D eigenvalue weighted by molar-refractivity contribution is -0.121. The van der Waals surface area contributed by atoms with Gasteiger partial charge in [-0.15, -0.1) is 0 Å². The number of carbonyl (C=O) groups excluding carboxylic acids is 2. The number of piperazine rings is 1. The number of rotatable bonds is 2. The van der Waals surface area contributed by atoms with E-state index in [1.165, 1.54) is 0 Å². The number of carbonyl (C=O) groups is 2. The predicted molar refractivity (Wildman–Crippen MR) is 106 cm³/mol. The van der Waals surface area contributed by atoms with E-state index in [4.69, 9.17) is 0 Å². The number of hydrogen-bond acceptors (Lipinski definition) is 3. The molecule has 0 N–H and O–H groups in total. The van der Waals surface area contributed by atoms with Gasteiger partial charge in [0.1, 0.15) is 12.2 Å². The Labute approximate surface area is 158 Å². The van der Waals surface area contributed by atoms with Gasteiger partial charge in [0.05, 0.1) is 0 Å². The summed E-state index contributed by atoms with van der Waals surface area (Å²) in [5.74, 6) is -0.274. The fourth-order valence-corrected chi connectivity index (χ4v) is 3.59. The summed E-state index contributed by atoms with van der Waals surface area (Å²) in [7, 11) is 0. The van der Waals surface area contributed by atoms with Crippen LogP contribution in [0, 0.1) is 6.92 Å². The largest absolute Gasteiger partial charge is 0.323 e. The second-order valence-electron chi connectivity index (χ2n) is 7.01. The van der Waals surface area contributed by atoms with Crippen LogP contribution in [0.3, 0.4) is 0 Å². The number of hydrogen-bond donors (Lipinski definition) is 0. The molecule has 2 heterocycles. The maximum atomic E-state index is 13.2. The minimum Gasteiger partial charge on any atom is -0.323 e. The molecule has 1 aromatic heterocycles. The van der Waals surface area contributed by atoms with Crippen LogP contribution in [-0.4, -0.2) is 40.8 Å². The van der Waals surface area contributed by atoms with E-state index < -0.39 is 0 Å². The van der Waals surface area contributed by atoms with Gasteiger partial charge in [0.15, 0.2) is 0 Å². The van der Waals surface area contributed by atoms with Crippen molar-refractivity contribution in [2.45, 2.75) is 19.9 Å². The maximum absolute atomic E-state index is 13.2. The van der Waals surface area contributed by atoms with Crippen LogP contribution in [-0.2, 0) is 4.79 Å². The molecule has 5 nitrogen and oxygen atoms in total. The first-order chi connectivity index (χ1) is 13.0. The third kappa shape index (κ3) is 3.16. The number of nitrogens with zero attached hydrogens (tertiary/aromatic N) is 3. The summed E-state index contributed by atoms with van der Waals surface area (Å²) in [5.41, 5.74) is 2.38.